The number of aryl methyl sites for hydroxylation is 1. The molecule has 3 unspecified atom stereocenters. The highest BCUT2D eigenvalue weighted by atomic mass is 14.6. The molecule has 0 amide bonds. The highest BCUT2D eigenvalue weighted by Gasteiger charge is 2.51. The number of hydrogen-bond acceptors (Lipinski definition) is 1. The van der Waals surface area contributed by atoms with Crippen LogP contribution in [0, 0.1) is 22.7 Å². The zero-order chi connectivity index (χ0) is 16.0. The lowest BCUT2D eigenvalue weighted by atomic mass is 9.49. The van der Waals surface area contributed by atoms with Crippen molar-refractivity contribution < 1.29 is 0 Å². The van der Waals surface area contributed by atoms with Gasteiger partial charge in [-0.05, 0) is 65.0 Å². The summed E-state index contributed by atoms with van der Waals surface area (Å²) >= 11 is 0. The molecule has 3 rings (SSSR count). The van der Waals surface area contributed by atoms with Crippen molar-refractivity contribution in [2.24, 2.45) is 11.3 Å². The molecule has 22 heavy (non-hydrogen) atoms. The van der Waals surface area contributed by atoms with Crippen LogP contribution in [0.2, 0.25) is 0 Å². The zero-order valence-corrected chi connectivity index (χ0v) is 14.6. The number of benzene rings is 1. The maximum atomic E-state index is 9.30. The fourth-order valence-corrected chi connectivity index (χ4v) is 5.40. The van der Waals surface area contributed by atoms with Gasteiger partial charge in [0, 0.05) is 6.42 Å². The minimum atomic E-state index is 0.205. The van der Waals surface area contributed by atoms with Crippen LogP contribution in [0.3, 0.4) is 0 Å². The van der Waals surface area contributed by atoms with Crippen LogP contribution in [-0.2, 0) is 11.8 Å². The lowest BCUT2D eigenvalue weighted by molar-refractivity contribution is 0.0293. The molecule has 0 saturated heterocycles. The van der Waals surface area contributed by atoms with E-state index in [-0.39, 0.29) is 10.8 Å². The molecule has 0 bridgehead atoms. The first-order valence-corrected chi connectivity index (χ1v) is 8.91. The van der Waals surface area contributed by atoms with Crippen molar-refractivity contribution in [1.82, 2.24) is 0 Å². The average molecular weight is 295 g/mol. The first kappa shape index (κ1) is 15.6. The van der Waals surface area contributed by atoms with Gasteiger partial charge >= 0.3 is 0 Å². The number of fused-ring (bicyclic) bond motifs is 3. The van der Waals surface area contributed by atoms with Gasteiger partial charge in [0.05, 0.1) is 6.07 Å². The molecule has 1 nitrogen and oxygen atoms in total. The van der Waals surface area contributed by atoms with Crippen molar-refractivity contribution in [3.63, 3.8) is 0 Å². The van der Waals surface area contributed by atoms with Gasteiger partial charge in [0.25, 0.3) is 0 Å². The summed E-state index contributed by atoms with van der Waals surface area (Å²) in [7, 11) is 0. The summed E-state index contributed by atoms with van der Waals surface area (Å²) in [5.41, 5.74) is 5.10. The lowest BCUT2D eigenvalue weighted by Crippen LogP contribution is -2.49. The Hall–Kier alpha value is -1.29. The van der Waals surface area contributed by atoms with Crippen LogP contribution in [0.25, 0.3) is 0 Å². The van der Waals surface area contributed by atoms with E-state index in [1.54, 1.807) is 11.1 Å². The Morgan fingerprint density at radius 1 is 1.27 bits per heavy atom. The van der Waals surface area contributed by atoms with E-state index in [2.05, 4.69) is 52.0 Å². The number of hydrogen-bond donors (Lipinski definition) is 0. The Bertz CT molecular complexity index is 609. The summed E-state index contributed by atoms with van der Waals surface area (Å²) in [6.07, 6.45) is 6.93. The van der Waals surface area contributed by atoms with Crippen molar-refractivity contribution >= 4 is 0 Å². The van der Waals surface area contributed by atoms with E-state index in [4.69, 9.17) is 0 Å². The van der Waals surface area contributed by atoms with E-state index in [1.807, 2.05) is 0 Å². The largest absolute Gasteiger partial charge is 0.198 e. The van der Waals surface area contributed by atoms with Gasteiger partial charge in [-0.25, -0.2) is 0 Å². The summed E-state index contributed by atoms with van der Waals surface area (Å²) in [4.78, 5) is 0. The van der Waals surface area contributed by atoms with Crippen LogP contribution in [0.15, 0.2) is 18.2 Å². The van der Waals surface area contributed by atoms with Crippen LogP contribution in [0.5, 0.6) is 0 Å². The van der Waals surface area contributed by atoms with Gasteiger partial charge in [-0.3, -0.25) is 0 Å². The molecule has 0 aromatic heterocycles. The molecule has 0 heterocycles. The average Bonchev–Trinajstić information content (AvgIpc) is 2.46. The first-order valence-electron chi connectivity index (χ1n) is 8.91. The minimum absolute atomic E-state index is 0.205. The third kappa shape index (κ3) is 2.28. The van der Waals surface area contributed by atoms with Gasteiger partial charge in [0.2, 0.25) is 0 Å². The first-order chi connectivity index (χ1) is 10.4. The highest BCUT2D eigenvalue weighted by Crippen LogP contribution is 2.58. The number of nitrogens with zero attached hydrogens (tertiary/aromatic N) is 1. The van der Waals surface area contributed by atoms with E-state index >= 15 is 0 Å². The van der Waals surface area contributed by atoms with E-state index in [0.29, 0.717) is 18.3 Å². The highest BCUT2D eigenvalue weighted by molar-refractivity contribution is 5.42. The second-order valence-electron chi connectivity index (χ2n) is 8.42. The molecule has 2 aliphatic carbocycles. The topological polar surface area (TPSA) is 23.8 Å². The van der Waals surface area contributed by atoms with Gasteiger partial charge in [0.15, 0.2) is 0 Å². The fourth-order valence-electron chi connectivity index (χ4n) is 5.40. The van der Waals surface area contributed by atoms with E-state index in [1.165, 1.54) is 37.7 Å². The molecule has 1 heteroatoms. The maximum Gasteiger partial charge on any atom is 0.0627 e. The van der Waals surface area contributed by atoms with Gasteiger partial charge < -0.3 is 0 Å². The van der Waals surface area contributed by atoms with Crippen LogP contribution in [-0.4, -0.2) is 0 Å². The quantitative estimate of drug-likeness (QED) is 0.683. The predicted molar refractivity (Wildman–Crippen MR) is 91.9 cm³/mol. The molecular formula is C21H29N. The van der Waals surface area contributed by atoms with Crippen molar-refractivity contribution in [3.8, 4) is 6.07 Å². The molecular weight excluding hydrogens is 266 g/mol. The monoisotopic (exact) mass is 295 g/mol. The fraction of sp³-hybridized carbons (Fsp3) is 0.667. The molecule has 1 aromatic rings. The van der Waals surface area contributed by atoms with Crippen molar-refractivity contribution in [2.45, 2.75) is 77.6 Å². The standard InChI is InChI=1S/C21H29N/c1-15(2)16-6-8-18-17(14-16)7-9-19-20(3,12-13-22)10-5-11-21(18,19)4/h6,8,14-15,19H,5,7,9-12H2,1-4H3. The second-order valence-corrected chi connectivity index (χ2v) is 8.42. The summed E-state index contributed by atoms with van der Waals surface area (Å²) in [6, 6.07) is 9.68. The Kier molecular flexibility index (Phi) is 3.84. The van der Waals surface area contributed by atoms with E-state index in [0.717, 1.165) is 0 Å². The Labute approximate surface area is 135 Å². The van der Waals surface area contributed by atoms with Crippen LogP contribution >= 0.6 is 0 Å². The van der Waals surface area contributed by atoms with E-state index < -0.39 is 0 Å². The van der Waals surface area contributed by atoms with Crippen LogP contribution in [0.1, 0.15) is 82.4 Å². The van der Waals surface area contributed by atoms with Gasteiger partial charge in [-0.2, -0.15) is 5.26 Å². The normalized spacial score (nSPS) is 33.9. The number of rotatable bonds is 2. The molecule has 0 spiro atoms. The zero-order valence-electron chi connectivity index (χ0n) is 14.6. The Balaban J connectivity index is 2.04. The SMILES string of the molecule is CC(C)c1ccc2c(c1)CCC1C(C)(CC#N)CCCC21C. The minimum Gasteiger partial charge on any atom is -0.198 e. The molecule has 1 saturated carbocycles. The van der Waals surface area contributed by atoms with Gasteiger partial charge in [-0.1, -0.05) is 52.3 Å². The molecule has 3 atom stereocenters. The third-order valence-electron chi connectivity index (χ3n) is 6.65. The molecule has 0 radical (unpaired) electrons. The van der Waals surface area contributed by atoms with Crippen molar-refractivity contribution in [2.75, 3.05) is 0 Å². The molecule has 2 aliphatic rings. The summed E-state index contributed by atoms with van der Waals surface area (Å²) in [5.74, 6) is 1.26. The third-order valence-corrected chi connectivity index (χ3v) is 6.65. The Morgan fingerprint density at radius 2 is 2.05 bits per heavy atom. The van der Waals surface area contributed by atoms with Crippen molar-refractivity contribution in [1.29, 1.82) is 5.26 Å². The summed E-state index contributed by atoms with van der Waals surface area (Å²) < 4.78 is 0. The van der Waals surface area contributed by atoms with Crippen LogP contribution < -0.4 is 0 Å². The predicted octanol–water partition coefficient (Wildman–Crippen LogP) is 5.73. The number of nitriles is 1. The summed E-state index contributed by atoms with van der Waals surface area (Å²) in [6.45, 7) is 9.39. The van der Waals surface area contributed by atoms with Crippen molar-refractivity contribution in [3.05, 3.63) is 34.9 Å². The summed E-state index contributed by atoms with van der Waals surface area (Å²) in [5, 5.41) is 9.30. The van der Waals surface area contributed by atoms with Crippen LogP contribution in [0.4, 0.5) is 0 Å². The molecule has 0 aliphatic heterocycles. The van der Waals surface area contributed by atoms with Gasteiger partial charge in [-0.15, -0.1) is 0 Å². The second kappa shape index (κ2) is 5.41. The smallest absolute Gasteiger partial charge is 0.0627 e. The van der Waals surface area contributed by atoms with E-state index in [9.17, 15) is 5.26 Å². The Morgan fingerprint density at radius 3 is 2.73 bits per heavy atom. The molecule has 118 valence electrons. The van der Waals surface area contributed by atoms with Gasteiger partial charge in [0.1, 0.15) is 0 Å². The molecule has 1 aromatic carbocycles. The molecule has 1 fully saturated rings. The lowest BCUT2D eigenvalue weighted by Gasteiger charge is -2.55. The maximum absolute atomic E-state index is 9.30. The molecule has 0 N–H and O–H groups in total.